The molecule has 0 unspecified atom stereocenters. The molecule has 7 nitrogen and oxygen atoms in total. The monoisotopic (exact) mass is 420 g/mol. The summed E-state index contributed by atoms with van der Waals surface area (Å²) in [4.78, 5) is 19.6. The van der Waals surface area contributed by atoms with Gasteiger partial charge in [-0.1, -0.05) is 30.3 Å². The number of carbonyl (C=O) groups is 1. The summed E-state index contributed by atoms with van der Waals surface area (Å²) in [5, 5.41) is 0. The Balaban J connectivity index is 1.71. The Morgan fingerprint density at radius 1 is 1.00 bits per heavy atom. The molecule has 1 aliphatic heterocycles. The molecule has 1 amide bonds. The summed E-state index contributed by atoms with van der Waals surface area (Å²) >= 11 is 0. The second kappa shape index (κ2) is 8.95. The summed E-state index contributed by atoms with van der Waals surface area (Å²) in [6.07, 6.45) is 1.67. The Kier molecular flexibility index (Phi) is 5.93. The van der Waals surface area contributed by atoms with E-state index < -0.39 is 0 Å². The van der Waals surface area contributed by atoms with E-state index in [-0.39, 0.29) is 5.91 Å². The highest BCUT2D eigenvalue weighted by atomic mass is 16.5. The first kappa shape index (κ1) is 20.5. The van der Waals surface area contributed by atoms with Crippen LogP contribution in [0.2, 0.25) is 0 Å². The molecule has 0 fully saturated rings. The highest BCUT2D eigenvalue weighted by Gasteiger charge is 2.28. The van der Waals surface area contributed by atoms with Gasteiger partial charge in [-0.25, -0.2) is 4.98 Å². The van der Waals surface area contributed by atoms with Crippen LogP contribution in [0.5, 0.6) is 23.1 Å². The lowest BCUT2D eigenvalue weighted by molar-refractivity contribution is 0.0743. The molecule has 0 spiro atoms. The van der Waals surface area contributed by atoms with Crippen LogP contribution >= 0.6 is 0 Å². The molecule has 0 atom stereocenters. The third-order valence-electron chi connectivity index (χ3n) is 5.20. The molecule has 7 heteroatoms. The SMILES string of the molecule is COc1cc(CN2CCOc3nccc(-c4ccccc4)c3C2=O)cc(OC)c1OC. The average molecular weight is 420 g/mol. The Morgan fingerprint density at radius 2 is 1.71 bits per heavy atom. The quantitative estimate of drug-likeness (QED) is 0.604. The fourth-order valence-electron chi connectivity index (χ4n) is 3.73. The van der Waals surface area contributed by atoms with Crippen LogP contribution in [0.15, 0.2) is 54.7 Å². The highest BCUT2D eigenvalue weighted by Crippen LogP contribution is 2.39. The van der Waals surface area contributed by atoms with Gasteiger partial charge in [0.25, 0.3) is 5.91 Å². The largest absolute Gasteiger partial charge is 0.493 e. The van der Waals surface area contributed by atoms with Gasteiger partial charge in [0.05, 0.1) is 27.9 Å². The van der Waals surface area contributed by atoms with Gasteiger partial charge in [-0.05, 0) is 29.3 Å². The fraction of sp³-hybridized carbons (Fsp3) is 0.250. The van der Waals surface area contributed by atoms with Gasteiger partial charge >= 0.3 is 0 Å². The zero-order valence-electron chi connectivity index (χ0n) is 17.8. The summed E-state index contributed by atoms with van der Waals surface area (Å²) < 4.78 is 22.1. The van der Waals surface area contributed by atoms with Crippen LogP contribution in [0.25, 0.3) is 11.1 Å². The van der Waals surface area contributed by atoms with Gasteiger partial charge in [0.1, 0.15) is 12.2 Å². The first-order valence-electron chi connectivity index (χ1n) is 9.91. The van der Waals surface area contributed by atoms with Crippen molar-refractivity contribution in [2.45, 2.75) is 6.54 Å². The van der Waals surface area contributed by atoms with E-state index >= 15 is 0 Å². The van der Waals surface area contributed by atoms with Crippen molar-refractivity contribution >= 4 is 5.91 Å². The smallest absolute Gasteiger partial charge is 0.260 e. The summed E-state index contributed by atoms with van der Waals surface area (Å²) in [5.41, 5.74) is 3.07. The predicted molar refractivity (Wildman–Crippen MR) is 116 cm³/mol. The number of ether oxygens (including phenoxy) is 4. The number of rotatable bonds is 6. The standard InChI is InChI=1S/C24H24N2O5/c1-28-19-13-16(14-20(29-2)22(19)30-3)15-26-11-12-31-23-21(24(26)27)18(9-10-25-23)17-7-5-4-6-8-17/h4-10,13-14H,11-12,15H2,1-3H3. The number of nitrogens with zero attached hydrogens (tertiary/aromatic N) is 2. The van der Waals surface area contributed by atoms with E-state index in [2.05, 4.69) is 4.98 Å². The molecule has 0 N–H and O–H groups in total. The maximum absolute atomic E-state index is 13.6. The van der Waals surface area contributed by atoms with Gasteiger partial charge in [0, 0.05) is 18.3 Å². The lowest BCUT2D eigenvalue weighted by atomic mass is 10.0. The molecule has 2 aromatic carbocycles. The fourth-order valence-corrected chi connectivity index (χ4v) is 3.73. The number of pyridine rings is 1. The predicted octanol–water partition coefficient (Wildman–Crippen LogP) is 3.81. The number of fused-ring (bicyclic) bond motifs is 1. The van der Waals surface area contributed by atoms with Crippen molar-refractivity contribution in [2.75, 3.05) is 34.5 Å². The molecule has 0 aliphatic carbocycles. The van der Waals surface area contributed by atoms with Crippen molar-refractivity contribution in [1.29, 1.82) is 0 Å². The maximum atomic E-state index is 13.6. The summed E-state index contributed by atoms with van der Waals surface area (Å²) in [7, 11) is 4.70. The molecule has 0 radical (unpaired) electrons. The number of benzene rings is 2. The lowest BCUT2D eigenvalue weighted by Gasteiger charge is -2.22. The molecule has 1 aliphatic rings. The summed E-state index contributed by atoms with van der Waals surface area (Å²) in [5.74, 6) is 1.83. The van der Waals surface area contributed by atoms with Gasteiger partial charge in [0.15, 0.2) is 11.5 Å². The minimum Gasteiger partial charge on any atom is -0.493 e. The third-order valence-corrected chi connectivity index (χ3v) is 5.20. The first-order valence-corrected chi connectivity index (χ1v) is 9.91. The molecule has 31 heavy (non-hydrogen) atoms. The molecule has 3 aromatic rings. The van der Waals surface area contributed by atoms with Crippen LogP contribution in [0.3, 0.4) is 0 Å². The topological polar surface area (TPSA) is 70.1 Å². The van der Waals surface area contributed by atoms with E-state index in [1.165, 1.54) is 0 Å². The maximum Gasteiger partial charge on any atom is 0.260 e. The summed E-state index contributed by atoms with van der Waals surface area (Å²) in [6, 6.07) is 15.3. The molecule has 1 aromatic heterocycles. The Labute approximate surface area is 181 Å². The van der Waals surface area contributed by atoms with E-state index in [1.807, 2.05) is 48.5 Å². The van der Waals surface area contributed by atoms with Crippen LogP contribution < -0.4 is 18.9 Å². The Morgan fingerprint density at radius 3 is 2.35 bits per heavy atom. The van der Waals surface area contributed by atoms with Crippen molar-refractivity contribution in [3.05, 3.63) is 65.9 Å². The molecule has 0 saturated carbocycles. The van der Waals surface area contributed by atoms with E-state index in [9.17, 15) is 4.79 Å². The highest BCUT2D eigenvalue weighted by molar-refractivity contribution is 6.03. The van der Waals surface area contributed by atoms with Gasteiger partial charge in [-0.3, -0.25) is 4.79 Å². The zero-order chi connectivity index (χ0) is 21.8. The molecule has 0 bridgehead atoms. The van der Waals surface area contributed by atoms with E-state index in [1.54, 1.807) is 32.4 Å². The van der Waals surface area contributed by atoms with Gasteiger partial charge in [0.2, 0.25) is 11.6 Å². The number of amides is 1. The minimum atomic E-state index is -0.131. The van der Waals surface area contributed by atoms with E-state index in [0.717, 1.165) is 16.7 Å². The third kappa shape index (κ3) is 3.99. The Hall–Kier alpha value is -3.74. The van der Waals surface area contributed by atoms with Crippen molar-refractivity contribution in [3.8, 4) is 34.3 Å². The Bertz CT molecular complexity index is 1060. The average Bonchev–Trinajstić information content (AvgIpc) is 2.97. The molecule has 2 heterocycles. The van der Waals surface area contributed by atoms with Crippen LogP contribution in [0, 0.1) is 0 Å². The summed E-state index contributed by atoms with van der Waals surface area (Å²) in [6.45, 7) is 1.15. The van der Waals surface area contributed by atoms with Crippen molar-refractivity contribution < 1.29 is 23.7 Å². The molecule has 0 saturated heterocycles. The number of aromatic nitrogens is 1. The van der Waals surface area contributed by atoms with E-state index in [4.69, 9.17) is 18.9 Å². The van der Waals surface area contributed by atoms with Gasteiger partial charge in [-0.2, -0.15) is 0 Å². The van der Waals surface area contributed by atoms with Crippen molar-refractivity contribution in [3.63, 3.8) is 0 Å². The normalized spacial score (nSPS) is 13.1. The van der Waals surface area contributed by atoms with Crippen LogP contribution in [-0.2, 0) is 6.54 Å². The second-order valence-corrected chi connectivity index (χ2v) is 7.01. The minimum absolute atomic E-state index is 0.131. The van der Waals surface area contributed by atoms with Crippen LogP contribution in [0.1, 0.15) is 15.9 Å². The number of methoxy groups -OCH3 is 3. The van der Waals surface area contributed by atoms with Crippen LogP contribution in [-0.4, -0.2) is 50.3 Å². The van der Waals surface area contributed by atoms with Crippen molar-refractivity contribution in [1.82, 2.24) is 9.88 Å². The lowest BCUT2D eigenvalue weighted by Crippen LogP contribution is -2.32. The van der Waals surface area contributed by atoms with Gasteiger partial charge < -0.3 is 23.8 Å². The molecule has 160 valence electrons. The number of hydrogen-bond acceptors (Lipinski definition) is 6. The molecular formula is C24H24N2O5. The number of hydrogen-bond donors (Lipinski definition) is 0. The van der Waals surface area contributed by atoms with Crippen LogP contribution in [0.4, 0.5) is 0 Å². The second-order valence-electron chi connectivity index (χ2n) is 7.01. The van der Waals surface area contributed by atoms with E-state index in [0.29, 0.717) is 48.4 Å². The zero-order valence-corrected chi connectivity index (χ0v) is 17.8. The molecule has 4 rings (SSSR count). The molecular weight excluding hydrogens is 396 g/mol. The van der Waals surface area contributed by atoms with Gasteiger partial charge in [-0.15, -0.1) is 0 Å². The van der Waals surface area contributed by atoms with Crippen molar-refractivity contribution in [2.24, 2.45) is 0 Å². The number of carbonyl (C=O) groups excluding carboxylic acids is 1. The first-order chi connectivity index (χ1) is 15.2.